The highest BCUT2D eigenvalue weighted by Crippen LogP contribution is 2.53. The van der Waals surface area contributed by atoms with Crippen molar-refractivity contribution in [3.63, 3.8) is 0 Å². The molecule has 0 aliphatic heterocycles. The monoisotopic (exact) mass is 404 g/mol. The maximum atomic E-state index is 13.5. The van der Waals surface area contributed by atoms with Crippen molar-refractivity contribution in [2.24, 2.45) is 23.2 Å². The number of rotatable bonds is 6. The van der Waals surface area contributed by atoms with Gasteiger partial charge in [-0.15, -0.1) is 0 Å². The summed E-state index contributed by atoms with van der Waals surface area (Å²) in [4.78, 5) is 12.5. The van der Waals surface area contributed by atoms with E-state index in [1.807, 2.05) is 13.8 Å². The molecule has 0 heterocycles. The molecule has 0 aromatic rings. The molecule has 0 spiro atoms. The fraction of sp³-hybridized carbons (Fsp3) is 0.938. The van der Waals surface area contributed by atoms with Crippen LogP contribution in [0.3, 0.4) is 0 Å². The molecular formula is C16H24F4O5S. The Hall–Kier alpha value is -0.900. The number of alkyl halides is 4. The Morgan fingerprint density at radius 3 is 2.08 bits per heavy atom. The van der Waals surface area contributed by atoms with Gasteiger partial charge in [0, 0.05) is 0 Å². The smallest absolute Gasteiger partial charge is 0.431 e. The first kappa shape index (κ1) is 21.4. The Morgan fingerprint density at radius 1 is 1.12 bits per heavy atom. The summed E-state index contributed by atoms with van der Waals surface area (Å²) in [5.41, 5.74) is -0.791. The molecule has 2 rings (SSSR count). The lowest BCUT2D eigenvalue weighted by molar-refractivity contribution is -0.182. The molecule has 1 N–H and O–H groups in total. The highest BCUT2D eigenvalue weighted by Gasteiger charge is 2.65. The van der Waals surface area contributed by atoms with E-state index in [1.165, 1.54) is 0 Å². The van der Waals surface area contributed by atoms with Crippen LogP contribution in [-0.2, 0) is 19.6 Å². The van der Waals surface area contributed by atoms with Gasteiger partial charge in [-0.25, -0.2) is 0 Å². The summed E-state index contributed by atoms with van der Waals surface area (Å²) in [5.74, 6) is -4.84. The second-order valence-electron chi connectivity index (χ2n) is 8.02. The second kappa shape index (κ2) is 6.92. The van der Waals surface area contributed by atoms with Crippen LogP contribution in [0.1, 0.15) is 52.4 Å². The van der Waals surface area contributed by atoms with Crippen molar-refractivity contribution in [1.82, 2.24) is 0 Å². The molecule has 0 radical (unpaired) electrons. The molecule has 0 saturated heterocycles. The zero-order valence-electron chi connectivity index (χ0n) is 14.7. The van der Waals surface area contributed by atoms with Gasteiger partial charge in [0.25, 0.3) is 0 Å². The summed E-state index contributed by atoms with van der Waals surface area (Å²) >= 11 is 0. The van der Waals surface area contributed by atoms with Crippen LogP contribution < -0.4 is 0 Å². The summed E-state index contributed by atoms with van der Waals surface area (Å²) in [5, 5.41) is -5.64. The molecule has 5 nitrogen and oxygen atoms in total. The summed E-state index contributed by atoms with van der Waals surface area (Å²) < 4.78 is 87.4. The number of carbonyl (C=O) groups excluding carboxylic acids is 1. The topological polar surface area (TPSA) is 80.7 Å². The third kappa shape index (κ3) is 4.00. The Kier molecular flexibility index (Phi) is 5.70. The van der Waals surface area contributed by atoms with Gasteiger partial charge in [-0.3, -0.25) is 9.35 Å². The van der Waals surface area contributed by atoms with Crippen LogP contribution >= 0.6 is 0 Å². The third-order valence-electron chi connectivity index (χ3n) is 5.46. The molecule has 2 fully saturated rings. The molecular weight excluding hydrogens is 380 g/mol. The first-order valence-electron chi connectivity index (χ1n) is 8.60. The van der Waals surface area contributed by atoms with E-state index < -0.39 is 45.7 Å². The van der Waals surface area contributed by atoms with Crippen molar-refractivity contribution in [2.45, 2.75) is 63.5 Å². The lowest BCUT2D eigenvalue weighted by Gasteiger charge is -2.48. The number of ether oxygens (including phenoxy) is 1. The zero-order valence-corrected chi connectivity index (χ0v) is 15.5. The summed E-state index contributed by atoms with van der Waals surface area (Å²) in [6.45, 7) is 2.96. The van der Waals surface area contributed by atoms with E-state index >= 15 is 0 Å². The molecule has 2 aliphatic carbocycles. The van der Waals surface area contributed by atoms with Crippen LogP contribution in [0, 0.1) is 23.2 Å². The van der Waals surface area contributed by atoms with E-state index in [9.17, 15) is 30.8 Å². The first-order valence-corrected chi connectivity index (χ1v) is 10.0. The largest absolute Gasteiger partial charge is 0.465 e. The Morgan fingerprint density at radius 2 is 1.62 bits per heavy atom. The molecule has 0 aromatic heterocycles. The van der Waals surface area contributed by atoms with Gasteiger partial charge in [-0.2, -0.15) is 26.0 Å². The lowest BCUT2D eigenvalue weighted by Crippen LogP contribution is -2.48. The predicted octanol–water partition coefficient (Wildman–Crippen LogP) is 3.89. The van der Waals surface area contributed by atoms with Crippen molar-refractivity contribution in [3.8, 4) is 0 Å². The van der Waals surface area contributed by atoms with Crippen molar-refractivity contribution < 1.29 is 40.1 Å². The number of halogens is 4. The maximum Gasteiger partial charge on any atom is 0.431 e. The average molecular weight is 404 g/mol. The first-order chi connectivity index (χ1) is 11.7. The third-order valence-corrected chi connectivity index (χ3v) is 6.41. The molecule has 152 valence electrons. The Balaban J connectivity index is 2.02. The van der Waals surface area contributed by atoms with E-state index in [1.54, 1.807) is 0 Å². The fourth-order valence-corrected chi connectivity index (χ4v) is 5.19. The van der Waals surface area contributed by atoms with Crippen LogP contribution in [-0.4, -0.2) is 36.7 Å². The second-order valence-corrected chi connectivity index (χ2v) is 9.49. The molecule has 10 heteroatoms. The number of hydrogen-bond acceptors (Lipinski definition) is 4. The van der Waals surface area contributed by atoms with Crippen molar-refractivity contribution in [1.29, 1.82) is 0 Å². The molecule has 2 saturated carbocycles. The van der Waals surface area contributed by atoms with Crippen LogP contribution in [0.25, 0.3) is 0 Å². The number of hydrogen-bond donors (Lipinski definition) is 1. The molecule has 2 unspecified atom stereocenters. The molecule has 2 atom stereocenters. The van der Waals surface area contributed by atoms with Gasteiger partial charge in [-0.1, -0.05) is 13.8 Å². The van der Waals surface area contributed by atoms with Crippen LogP contribution in [0.2, 0.25) is 0 Å². The van der Waals surface area contributed by atoms with Crippen molar-refractivity contribution >= 4 is 16.1 Å². The lowest BCUT2D eigenvalue weighted by atomic mass is 9.57. The SMILES string of the molecule is CC1CC2CC(C)CC(C(=O)OCCC(F)(F)C(F)(F)S(=O)(=O)O)(C1)C2. The normalized spacial score (nSPS) is 33.0. The Bertz CT molecular complexity index is 630. The van der Waals surface area contributed by atoms with Crippen molar-refractivity contribution in [3.05, 3.63) is 0 Å². The summed E-state index contributed by atoms with van der Waals surface area (Å²) in [6.07, 6.45) is 1.98. The molecule has 2 aliphatic rings. The minimum Gasteiger partial charge on any atom is -0.465 e. The number of esters is 1. The minimum absolute atomic E-state index is 0.277. The van der Waals surface area contributed by atoms with Gasteiger partial charge in [0.1, 0.15) is 0 Å². The summed E-state index contributed by atoms with van der Waals surface area (Å²) in [6, 6.07) is 0. The highest BCUT2D eigenvalue weighted by molar-refractivity contribution is 7.87. The van der Waals surface area contributed by atoms with E-state index in [2.05, 4.69) is 0 Å². The predicted molar refractivity (Wildman–Crippen MR) is 84.4 cm³/mol. The van der Waals surface area contributed by atoms with E-state index in [0.717, 1.165) is 12.8 Å². The fourth-order valence-electron chi connectivity index (χ4n) is 4.71. The molecule has 0 amide bonds. The van der Waals surface area contributed by atoms with E-state index in [0.29, 0.717) is 25.2 Å². The Labute approximate surface area is 150 Å². The molecule has 2 bridgehead atoms. The number of fused-ring (bicyclic) bond motifs is 2. The van der Waals surface area contributed by atoms with Crippen LogP contribution in [0.15, 0.2) is 0 Å². The van der Waals surface area contributed by atoms with E-state index in [4.69, 9.17) is 9.29 Å². The van der Waals surface area contributed by atoms with Crippen LogP contribution in [0.4, 0.5) is 17.6 Å². The molecule has 26 heavy (non-hydrogen) atoms. The summed E-state index contributed by atoms with van der Waals surface area (Å²) in [7, 11) is -6.28. The highest BCUT2D eigenvalue weighted by atomic mass is 32.2. The van der Waals surface area contributed by atoms with Gasteiger partial charge >= 0.3 is 27.3 Å². The number of carbonyl (C=O) groups is 1. The molecule has 0 aromatic carbocycles. The average Bonchev–Trinajstić information content (AvgIpc) is 2.43. The van der Waals surface area contributed by atoms with Gasteiger partial charge in [-0.05, 0) is 49.9 Å². The quantitative estimate of drug-likeness (QED) is 0.413. The van der Waals surface area contributed by atoms with E-state index in [-0.39, 0.29) is 11.8 Å². The van der Waals surface area contributed by atoms with Gasteiger partial charge in [0.2, 0.25) is 0 Å². The standard InChI is InChI=1S/C16H24F4O5S/c1-10-5-12-6-11(2)8-14(7-10,9-12)13(21)25-4-3-15(17,18)16(19,20)26(22,23)24/h10-12H,3-9H2,1-2H3,(H,22,23,24). The van der Waals surface area contributed by atoms with Gasteiger partial charge in [0.15, 0.2) is 0 Å². The van der Waals surface area contributed by atoms with Gasteiger partial charge < -0.3 is 4.74 Å². The zero-order chi connectivity index (χ0) is 20.0. The van der Waals surface area contributed by atoms with Crippen LogP contribution in [0.5, 0.6) is 0 Å². The minimum atomic E-state index is -6.28. The maximum absolute atomic E-state index is 13.5. The van der Waals surface area contributed by atoms with Gasteiger partial charge in [0.05, 0.1) is 18.4 Å². The van der Waals surface area contributed by atoms with Crippen molar-refractivity contribution in [2.75, 3.05) is 6.61 Å².